The van der Waals surface area contributed by atoms with E-state index in [2.05, 4.69) is 24.3 Å². The lowest BCUT2D eigenvalue weighted by Gasteiger charge is -2.37. The highest BCUT2D eigenvalue weighted by Crippen LogP contribution is 2.48. The molecule has 2 aliphatic rings. The molecule has 0 aromatic heterocycles. The number of rotatable bonds is 1. The van der Waals surface area contributed by atoms with Gasteiger partial charge in [0.05, 0.1) is 6.42 Å². The third-order valence-corrected chi connectivity index (χ3v) is 4.22. The second-order valence-electron chi connectivity index (χ2n) is 5.27. The van der Waals surface area contributed by atoms with E-state index < -0.39 is 0 Å². The second-order valence-corrected chi connectivity index (χ2v) is 5.27. The van der Waals surface area contributed by atoms with E-state index in [-0.39, 0.29) is 17.5 Å². The van der Waals surface area contributed by atoms with Crippen molar-refractivity contribution in [3.05, 3.63) is 35.9 Å². The van der Waals surface area contributed by atoms with Gasteiger partial charge in [-0.1, -0.05) is 36.8 Å². The predicted molar refractivity (Wildman–Crippen MR) is 65.7 cm³/mol. The fourth-order valence-electron chi connectivity index (χ4n) is 3.40. The Kier molecular flexibility index (Phi) is 2.65. The Balaban J connectivity index is 1.94. The van der Waals surface area contributed by atoms with Gasteiger partial charge in [0.2, 0.25) is 0 Å². The van der Waals surface area contributed by atoms with Gasteiger partial charge in [0, 0.05) is 5.92 Å². The maximum absolute atomic E-state index is 11.7. The summed E-state index contributed by atoms with van der Waals surface area (Å²) >= 11 is 0. The van der Waals surface area contributed by atoms with Gasteiger partial charge < -0.3 is 4.74 Å². The summed E-state index contributed by atoms with van der Waals surface area (Å²) in [5.41, 5.74) is 1.08. The van der Waals surface area contributed by atoms with E-state index >= 15 is 0 Å². The Hall–Kier alpha value is -1.31. The van der Waals surface area contributed by atoms with Crippen LogP contribution in [0.25, 0.3) is 0 Å². The summed E-state index contributed by atoms with van der Waals surface area (Å²) in [4.78, 5) is 11.7. The summed E-state index contributed by atoms with van der Waals surface area (Å²) in [5.74, 6) is 0.261. The van der Waals surface area contributed by atoms with E-state index in [0.29, 0.717) is 6.42 Å². The van der Waals surface area contributed by atoms with Crippen LogP contribution in [0.4, 0.5) is 0 Å². The topological polar surface area (TPSA) is 26.3 Å². The molecular weight excluding hydrogens is 212 g/mol. The molecule has 1 saturated carbocycles. The average molecular weight is 230 g/mol. The van der Waals surface area contributed by atoms with Gasteiger partial charge in [0.25, 0.3) is 0 Å². The normalized spacial score (nSPS) is 27.1. The molecule has 17 heavy (non-hydrogen) atoms. The van der Waals surface area contributed by atoms with Crippen LogP contribution in [-0.4, -0.2) is 11.6 Å². The van der Waals surface area contributed by atoms with E-state index in [4.69, 9.17) is 4.74 Å². The molecule has 0 radical (unpaired) electrons. The van der Waals surface area contributed by atoms with E-state index in [0.717, 1.165) is 12.8 Å². The van der Waals surface area contributed by atoms with Crippen molar-refractivity contribution in [3.63, 3.8) is 0 Å². The minimum absolute atomic E-state index is 0.0132. The standard InChI is InChI=1S/C15H18O2/c16-14-11-13(12-7-3-1-4-8-12)15(17-14)9-5-2-6-10-15/h1,3-4,7-8,13H,2,5-6,9-11H2/t13-/m0/s1. The first-order valence-corrected chi connectivity index (χ1v) is 6.57. The summed E-state index contributed by atoms with van der Waals surface area (Å²) < 4.78 is 5.72. The molecule has 1 spiro atoms. The first-order chi connectivity index (χ1) is 8.30. The molecule has 0 bridgehead atoms. The maximum atomic E-state index is 11.7. The second kappa shape index (κ2) is 4.17. The molecule has 1 aromatic carbocycles. The zero-order valence-corrected chi connectivity index (χ0v) is 10.0. The minimum Gasteiger partial charge on any atom is -0.458 e. The Morgan fingerprint density at radius 3 is 2.47 bits per heavy atom. The molecule has 0 unspecified atom stereocenters. The molecule has 2 nitrogen and oxygen atoms in total. The van der Waals surface area contributed by atoms with Gasteiger partial charge in [-0.15, -0.1) is 0 Å². The van der Waals surface area contributed by atoms with E-state index in [1.165, 1.54) is 24.8 Å². The summed E-state index contributed by atoms with van der Waals surface area (Å²) in [5, 5.41) is 0. The van der Waals surface area contributed by atoms with Crippen molar-refractivity contribution >= 4 is 5.97 Å². The lowest BCUT2D eigenvalue weighted by atomic mass is 9.73. The Morgan fingerprint density at radius 2 is 1.76 bits per heavy atom. The predicted octanol–water partition coefficient (Wildman–Crippen LogP) is 3.42. The highest BCUT2D eigenvalue weighted by molar-refractivity contribution is 5.74. The van der Waals surface area contributed by atoms with Crippen LogP contribution in [0.3, 0.4) is 0 Å². The number of esters is 1. The van der Waals surface area contributed by atoms with Gasteiger partial charge in [0.15, 0.2) is 0 Å². The number of carbonyl (C=O) groups excluding carboxylic acids is 1. The van der Waals surface area contributed by atoms with Crippen molar-refractivity contribution in [2.45, 2.75) is 50.0 Å². The van der Waals surface area contributed by atoms with E-state index in [1.807, 2.05) is 6.07 Å². The third-order valence-electron chi connectivity index (χ3n) is 4.22. The van der Waals surface area contributed by atoms with Crippen molar-refractivity contribution in [3.8, 4) is 0 Å². The fourth-order valence-corrected chi connectivity index (χ4v) is 3.40. The van der Waals surface area contributed by atoms with Gasteiger partial charge in [-0.2, -0.15) is 0 Å². The van der Waals surface area contributed by atoms with Crippen LogP contribution in [0, 0.1) is 0 Å². The molecule has 2 heteroatoms. The summed E-state index contributed by atoms with van der Waals surface area (Å²) in [6.07, 6.45) is 6.30. The van der Waals surface area contributed by atoms with Gasteiger partial charge in [-0.05, 0) is 31.2 Å². The van der Waals surface area contributed by atoms with Gasteiger partial charge in [-0.3, -0.25) is 4.79 Å². The highest BCUT2D eigenvalue weighted by atomic mass is 16.6. The summed E-state index contributed by atoms with van der Waals surface area (Å²) in [6.45, 7) is 0. The van der Waals surface area contributed by atoms with Crippen LogP contribution in [0.2, 0.25) is 0 Å². The monoisotopic (exact) mass is 230 g/mol. The first kappa shape index (κ1) is 10.8. The molecular formula is C15H18O2. The molecule has 0 amide bonds. The molecule has 1 saturated heterocycles. The Bertz CT molecular complexity index is 404. The van der Waals surface area contributed by atoms with Gasteiger partial charge in [-0.25, -0.2) is 0 Å². The smallest absolute Gasteiger partial charge is 0.307 e. The van der Waals surface area contributed by atoms with Crippen molar-refractivity contribution in [1.82, 2.24) is 0 Å². The van der Waals surface area contributed by atoms with Crippen LogP contribution in [0.5, 0.6) is 0 Å². The summed E-state index contributed by atoms with van der Waals surface area (Å²) in [6, 6.07) is 10.4. The first-order valence-electron chi connectivity index (χ1n) is 6.57. The van der Waals surface area contributed by atoms with Crippen molar-refractivity contribution in [2.24, 2.45) is 0 Å². The Labute approximate surface area is 102 Å². The largest absolute Gasteiger partial charge is 0.458 e. The molecule has 3 rings (SSSR count). The molecule has 0 N–H and O–H groups in total. The minimum atomic E-state index is -0.184. The zero-order valence-electron chi connectivity index (χ0n) is 10.0. The maximum Gasteiger partial charge on any atom is 0.307 e. The molecule has 1 aliphatic heterocycles. The van der Waals surface area contributed by atoms with Crippen LogP contribution in [-0.2, 0) is 9.53 Å². The van der Waals surface area contributed by atoms with Gasteiger partial charge in [0.1, 0.15) is 5.60 Å². The number of ether oxygens (including phenoxy) is 1. The van der Waals surface area contributed by atoms with Crippen molar-refractivity contribution < 1.29 is 9.53 Å². The number of benzene rings is 1. The lowest BCUT2D eigenvalue weighted by Crippen LogP contribution is -2.36. The molecule has 1 atom stereocenters. The average Bonchev–Trinajstić information content (AvgIpc) is 2.68. The van der Waals surface area contributed by atoms with Crippen molar-refractivity contribution in [2.75, 3.05) is 0 Å². The number of hydrogen-bond acceptors (Lipinski definition) is 2. The fraction of sp³-hybridized carbons (Fsp3) is 0.533. The van der Waals surface area contributed by atoms with Crippen LogP contribution in [0.15, 0.2) is 30.3 Å². The molecule has 1 aromatic rings. The summed E-state index contributed by atoms with van der Waals surface area (Å²) in [7, 11) is 0. The quantitative estimate of drug-likeness (QED) is 0.691. The number of hydrogen-bond donors (Lipinski definition) is 0. The van der Waals surface area contributed by atoms with E-state index in [1.54, 1.807) is 0 Å². The van der Waals surface area contributed by atoms with E-state index in [9.17, 15) is 4.79 Å². The zero-order chi connectivity index (χ0) is 11.7. The van der Waals surface area contributed by atoms with Crippen LogP contribution in [0.1, 0.15) is 50.0 Å². The molecule has 90 valence electrons. The third kappa shape index (κ3) is 1.86. The lowest BCUT2D eigenvalue weighted by molar-refractivity contribution is -0.151. The van der Waals surface area contributed by atoms with Crippen molar-refractivity contribution in [1.29, 1.82) is 0 Å². The van der Waals surface area contributed by atoms with Gasteiger partial charge >= 0.3 is 5.97 Å². The highest BCUT2D eigenvalue weighted by Gasteiger charge is 2.49. The number of carbonyl (C=O) groups is 1. The molecule has 1 heterocycles. The van der Waals surface area contributed by atoms with Crippen LogP contribution >= 0.6 is 0 Å². The Morgan fingerprint density at radius 1 is 1.06 bits per heavy atom. The van der Waals surface area contributed by atoms with Crippen LogP contribution < -0.4 is 0 Å². The SMILES string of the molecule is O=C1C[C@@H](c2ccccc2)C2(CCCCC2)O1. The molecule has 1 aliphatic carbocycles. The molecule has 2 fully saturated rings.